The fourth-order valence-corrected chi connectivity index (χ4v) is 9.57. The van der Waals surface area contributed by atoms with Crippen LogP contribution in [-0.2, 0) is 9.59 Å². The number of nitrogens with one attached hydrogen (secondary N) is 3. The first-order valence-electron chi connectivity index (χ1n) is 20.0. The third-order valence-corrected chi connectivity index (χ3v) is 13.6. The molecular weight excluding hydrogens is 772 g/mol. The van der Waals surface area contributed by atoms with Crippen LogP contribution in [0.3, 0.4) is 0 Å². The minimum absolute atomic E-state index is 0.0209. The van der Waals surface area contributed by atoms with Crippen molar-refractivity contribution in [2.75, 3.05) is 61.8 Å². The van der Waals surface area contributed by atoms with E-state index in [1.54, 1.807) is 0 Å². The van der Waals surface area contributed by atoms with Crippen molar-refractivity contribution in [1.29, 1.82) is 5.41 Å². The molecule has 4 saturated heterocycles. The van der Waals surface area contributed by atoms with E-state index in [4.69, 9.17) is 15.9 Å². The summed E-state index contributed by atoms with van der Waals surface area (Å²) in [6.07, 6.45) is 3.40. The molecule has 5 aliphatic heterocycles. The second-order valence-electron chi connectivity index (χ2n) is 16.5. The number of para-hydroxylation sites is 1. The van der Waals surface area contributed by atoms with Gasteiger partial charge in [-0.3, -0.25) is 44.6 Å². The number of aromatic nitrogens is 2. The molecule has 4 fully saturated rings. The van der Waals surface area contributed by atoms with Gasteiger partial charge in [-0.15, -0.1) is 0 Å². The van der Waals surface area contributed by atoms with Gasteiger partial charge in [0.25, 0.3) is 11.8 Å². The third-order valence-electron chi connectivity index (χ3n) is 12.3. The lowest BCUT2D eigenvalue weighted by Gasteiger charge is -2.52. The minimum Gasteiger partial charge on any atom is -0.457 e. The van der Waals surface area contributed by atoms with Gasteiger partial charge in [0.15, 0.2) is 0 Å². The van der Waals surface area contributed by atoms with E-state index < -0.39 is 35.5 Å². The summed E-state index contributed by atoms with van der Waals surface area (Å²) >= 11 is 0. The number of carbonyl (C=O) groups is 4. The maximum Gasteiger partial charge on any atom is 0.262 e. The molecule has 6 heterocycles. The number of nitrogens with zero attached hydrogens (tertiary/aromatic N) is 6. The fourth-order valence-electron chi connectivity index (χ4n) is 8.88. The number of likely N-dealkylation sites (tertiary alicyclic amines) is 2. The van der Waals surface area contributed by atoms with Gasteiger partial charge in [0.05, 0.1) is 28.1 Å². The summed E-state index contributed by atoms with van der Waals surface area (Å²) in [7, 11) is 0.874. The van der Waals surface area contributed by atoms with Crippen LogP contribution in [0.25, 0.3) is 0 Å². The summed E-state index contributed by atoms with van der Waals surface area (Å²) in [6.45, 7) is 6.00. The van der Waals surface area contributed by atoms with Crippen molar-refractivity contribution in [3.05, 3.63) is 101 Å². The van der Waals surface area contributed by atoms with Gasteiger partial charge in [0, 0.05) is 85.2 Å². The minimum atomic E-state index is -1.09. The summed E-state index contributed by atoms with van der Waals surface area (Å²) < 4.78 is 21.3. The number of anilines is 3. The number of benzene rings is 3. The molecule has 1 unspecified atom stereocenters. The summed E-state index contributed by atoms with van der Waals surface area (Å²) in [5, 5.41) is 14.8. The fraction of sp³-hybridized carbons (Fsp3) is 0.357. The molecule has 0 saturated carbocycles. The van der Waals surface area contributed by atoms with E-state index in [0.29, 0.717) is 47.7 Å². The lowest BCUT2D eigenvalue weighted by molar-refractivity contribution is -0.136. The molecule has 3 aromatic carbocycles. The number of hydrogen-bond donors (Lipinski definition) is 4. The third kappa shape index (κ3) is 7.45. The molecule has 9 rings (SSSR count). The highest BCUT2D eigenvalue weighted by Gasteiger charge is 2.46. The number of amides is 4. The number of nitrogen functional groups attached to an aromatic ring is 1. The summed E-state index contributed by atoms with van der Waals surface area (Å²) in [6, 6.07) is 18.8. The van der Waals surface area contributed by atoms with Crippen molar-refractivity contribution >= 4 is 56.9 Å². The van der Waals surface area contributed by atoms with Crippen LogP contribution >= 0.6 is 0 Å². The van der Waals surface area contributed by atoms with Gasteiger partial charge in [-0.05, 0) is 67.8 Å². The van der Waals surface area contributed by atoms with E-state index in [9.17, 15) is 19.2 Å². The Morgan fingerprint density at radius 2 is 1.63 bits per heavy atom. The van der Waals surface area contributed by atoms with Crippen molar-refractivity contribution in [3.8, 4) is 11.5 Å². The van der Waals surface area contributed by atoms with Crippen molar-refractivity contribution in [2.45, 2.75) is 42.9 Å². The molecule has 4 aromatic rings. The Bertz CT molecular complexity index is 2350. The standard InChI is InChI=1S/C42H45FN10O5Si/c43-31-16-29-30(41(57)53(40(29)56)32-10-11-34(54)48-39(32)55)17-33(31)52-19-24(20-52)18-50-21-26(22-50)51-14-12-42(59,13-15-51)49-38-35(37(45)46-23-47-38)36(44)25-6-8-28(9-7-25)58-27-4-2-1-3-5-27/h1-9,16-17,23-24,26,32,44H,10-15,18-22H2,59H3,(H,48,54,55)(H3,45,46,47,49). The number of piperidine rings is 2. The summed E-state index contributed by atoms with van der Waals surface area (Å²) in [5.74, 6) is -0.498. The van der Waals surface area contributed by atoms with E-state index in [-0.39, 0.29) is 46.3 Å². The Labute approximate surface area is 343 Å². The number of fused-ring (bicyclic) bond motifs is 1. The molecule has 5 N–H and O–H groups in total. The molecule has 17 heteroatoms. The van der Waals surface area contributed by atoms with E-state index >= 15 is 4.39 Å². The van der Waals surface area contributed by atoms with Gasteiger partial charge in [-0.1, -0.05) is 18.2 Å². The zero-order valence-electron chi connectivity index (χ0n) is 32.6. The molecule has 304 valence electrons. The largest absolute Gasteiger partial charge is 0.457 e. The first-order valence-corrected chi connectivity index (χ1v) is 21.0. The number of nitrogens with two attached hydrogens (primary N) is 1. The lowest BCUT2D eigenvalue weighted by Crippen LogP contribution is -2.65. The molecular formula is C42H45FN10O5Si. The van der Waals surface area contributed by atoms with Crippen LogP contribution in [0.5, 0.6) is 11.5 Å². The van der Waals surface area contributed by atoms with Crippen LogP contribution in [0.15, 0.2) is 73.1 Å². The predicted octanol–water partition coefficient (Wildman–Crippen LogP) is 2.20. The van der Waals surface area contributed by atoms with Crippen LogP contribution < -0.4 is 26.0 Å². The number of carbonyl (C=O) groups excluding carboxylic acids is 4. The Morgan fingerprint density at radius 3 is 2.32 bits per heavy atom. The monoisotopic (exact) mass is 816 g/mol. The summed E-state index contributed by atoms with van der Waals surface area (Å²) in [4.78, 5) is 66.9. The van der Waals surface area contributed by atoms with Crippen LogP contribution in [-0.4, -0.2) is 127 Å². The number of hydrogen-bond acceptors (Lipinski definition) is 13. The Hall–Kier alpha value is -6.04. The Kier molecular flexibility index (Phi) is 9.97. The number of imide groups is 2. The average Bonchev–Trinajstić information content (AvgIpc) is 3.42. The second kappa shape index (κ2) is 15.3. The molecule has 1 aromatic heterocycles. The van der Waals surface area contributed by atoms with Crippen molar-refractivity contribution in [1.82, 2.24) is 30.0 Å². The molecule has 4 amide bonds. The molecule has 5 aliphatic rings. The molecule has 1 atom stereocenters. The van der Waals surface area contributed by atoms with Gasteiger partial charge in [-0.25, -0.2) is 14.4 Å². The van der Waals surface area contributed by atoms with Gasteiger partial charge >= 0.3 is 0 Å². The van der Waals surface area contributed by atoms with E-state index in [0.717, 1.165) is 72.5 Å². The van der Waals surface area contributed by atoms with Crippen LogP contribution in [0.2, 0.25) is 0 Å². The maximum absolute atomic E-state index is 15.3. The first-order chi connectivity index (χ1) is 28.4. The number of ether oxygens (including phenoxy) is 1. The Morgan fingerprint density at radius 1 is 0.949 bits per heavy atom. The van der Waals surface area contributed by atoms with Crippen molar-refractivity contribution < 1.29 is 28.3 Å². The first kappa shape index (κ1) is 38.5. The summed E-state index contributed by atoms with van der Waals surface area (Å²) in [5.41, 5.74) is 8.09. The van der Waals surface area contributed by atoms with E-state index in [1.807, 2.05) is 59.5 Å². The van der Waals surface area contributed by atoms with E-state index in [2.05, 4.69) is 30.4 Å². The normalized spacial score (nSPS) is 21.2. The zero-order valence-corrected chi connectivity index (χ0v) is 34.6. The zero-order chi connectivity index (χ0) is 41.0. The van der Waals surface area contributed by atoms with Gasteiger partial charge in [0.2, 0.25) is 11.8 Å². The van der Waals surface area contributed by atoms with Crippen molar-refractivity contribution in [2.24, 2.45) is 5.92 Å². The number of rotatable bonds is 11. The SMILES string of the molecule is N=C(c1ccc(Oc2ccccc2)cc1)c1c(N)ncnc1NC1([SiH3])CCN(C2CN(CC3CN(c4cc5c(cc4F)C(=O)N(C4CCC(=O)NC4=O)C5=O)C3)C2)CC1. The quantitative estimate of drug-likeness (QED) is 0.0983. The predicted molar refractivity (Wildman–Crippen MR) is 221 cm³/mol. The van der Waals surface area contributed by atoms with E-state index in [1.165, 1.54) is 12.4 Å². The smallest absolute Gasteiger partial charge is 0.262 e. The van der Waals surface area contributed by atoms with Crippen LogP contribution in [0.4, 0.5) is 21.7 Å². The van der Waals surface area contributed by atoms with Crippen LogP contribution in [0.1, 0.15) is 57.5 Å². The van der Waals surface area contributed by atoms with Gasteiger partial charge in [0.1, 0.15) is 41.3 Å². The van der Waals surface area contributed by atoms with Gasteiger partial charge in [-0.2, -0.15) is 0 Å². The van der Waals surface area contributed by atoms with Crippen molar-refractivity contribution in [3.63, 3.8) is 0 Å². The molecule has 0 spiro atoms. The topological polar surface area (TPSA) is 190 Å². The number of halogens is 1. The second-order valence-corrected chi connectivity index (χ2v) is 18.4. The Balaban J connectivity index is 0.748. The van der Waals surface area contributed by atoms with Crippen LogP contribution in [0, 0.1) is 17.1 Å². The molecule has 15 nitrogen and oxygen atoms in total. The maximum atomic E-state index is 15.3. The highest BCUT2D eigenvalue weighted by Crippen LogP contribution is 2.36. The highest BCUT2D eigenvalue weighted by atomic mass is 28.1. The molecule has 59 heavy (non-hydrogen) atoms. The highest BCUT2D eigenvalue weighted by molar-refractivity contribution is 6.24. The van der Waals surface area contributed by atoms with Gasteiger partial charge < -0.3 is 20.7 Å². The average molecular weight is 817 g/mol. The molecule has 0 bridgehead atoms. The lowest BCUT2D eigenvalue weighted by atomic mass is 9.94. The molecule has 0 radical (unpaired) electrons. The molecule has 0 aliphatic carbocycles.